The van der Waals surface area contributed by atoms with Gasteiger partial charge in [0.1, 0.15) is 5.39 Å². The van der Waals surface area contributed by atoms with Crippen LogP contribution in [0.4, 0.5) is 0 Å². The molecule has 4 heterocycles. The Kier molecular flexibility index (Phi) is 4.59. The highest BCUT2D eigenvalue weighted by Gasteiger charge is 2.38. The van der Waals surface area contributed by atoms with Crippen molar-refractivity contribution in [3.8, 4) is 34.3 Å². The first-order chi connectivity index (χ1) is 19.1. The second kappa shape index (κ2) is 8.08. The zero-order valence-corrected chi connectivity index (χ0v) is 21.4. The molecule has 4 aromatic carbocycles. The van der Waals surface area contributed by atoms with Crippen LogP contribution in [-0.4, -0.2) is 19.4 Å². The molecule has 0 N–H and O–H groups in total. The lowest BCUT2D eigenvalue weighted by molar-refractivity contribution is -0.688. The fraction of sp³-hybridized carbons (Fsp3) is 0.152. The SMILES string of the molecule is C=C(C(=O)c1cccc2ccccc12)c1c2c3c(ccc2c(C)c2[n+]1CCc1cc4c(cc1-2)OCO4)OCO3. The van der Waals surface area contributed by atoms with E-state index in [-0.39, 0.29) is 19.4 Å². The molecule has 0 aliphatic carbocycles. The number of ether oxygens (including phenoxy) is 4. The Morgan fingerprint density at radius 2 is 1.62 bits per heavy atom. The van der Waals surface area contributed by atoms with E-state index in [9.17, 15) is 4.79 Å². The normalized spacial score (nSPS) is 14.4. The lowest BCUT2D eigenvalue weighted by Gasteiger charge is -2.22. The summed E-state index contributed by atoms with van der Waals surface area (Å²) < 4.78 is 25.4. The first-order valence-electron chi connectivity index (χ1n) is 13.0. The van der Waals surface area contributed by atoms with Crippen LogP contribution < -0.4 is 23.5 Å². The van der Waals surface area contributed by atoms with Gasteiger partial charge in [-0.05, 0) is 47.5 Å². The van der Waals surface area contributed by atoms with Crippen LogP contribution in [0, 0.1) is 6.92 Å². The molecule has 0 radical (unpaired) electrons. The summed E-state index contributed by atoms with van der Waals surface area (Å²) in [5.41, 5.74) is 6.22. The Morgan fingerprint density at radius 3 is 2.51 bits per heavy atom. The fourth-order valence-electron chi connectivity index (χ4n) is 6.32. The Morgan fingerprint density at radius 1 is 0.846 bits per heavy atom. The maximum absolute atomic E-state index is 14.3. The summed E-state index contributed by atoms with van der Waals surface area (Å²) in [6, 6.07) is 21.9. The Bertz CT molecular complexity index is 1920. The summed E-state index contributed by atoms with van der Waals surface area (Å²) in [6.07, 6.45) is 0.781. The Labute approximate surface area is 224 Å². The molecule has 190 valence electrons. The van der Waals surface area contributed by atoms with Gasteiger partial charge in [0.15, 0.2) is 35.3 Å². The minimum Gasteiger partial charge on any atom is -0.454 e. The lowest BCUT2D eigenvalue weighted by Crippen LogP contribution is -2.45. The van der Waals surface area contributed by atoms with Gasteiger partial charge in [0.25, 0.3) is 0 Å². The number of nitrogens with zero attached hydrogens (tertiary/aromatic N) is 1. The molecule has 3 aliphatic rings. The summed E-state index contributed by atoms with van der Waals surface area (Å²) >= 11 is 0. The predicted octanol–water partition coefficient (Wildman–Crippen LogP) is 6.17. The van der Waals surface area contributed by atoms with Gasteiger partial charge in [-0.15, -0.1) is 0 Å². The lowest BCUT2D eigenvalue weighted by atomic mass is 9.87. The minimum absolute atomic E-state index is 0.111. The third kappa shape index (κ3) is 3.08. The average molecular weight is 515 g/mol. The minimum atomic E-state index is -0.111. The van der Waals surface area contributed by atoms with Crippen LogP contribution in [0.5, 0.6) is 23.0 Å². The number of Topliss-reactive ketones (excluding diaryl/α,β-unsaturated/α-hetero) is 1. The molecule has 0 amide bonds. The van der Waals surface area contributed by atoms with E-state index in [1.165, 1.54) is 5.56 Å². The van der Waals surface area contributed by atoms with E-state index >= 15 is 0 Å². The number of pyridine rings is 1. The van der Waals surface area contributed by atoms with Crippen LogP contribution in [-0.2, 0) is 13.0 Å². The molecule has 0 fully saturated rings. The second-order valence-electron chi connectivity index (χ2n) is 10.1. The topological polar surface area (TPSA) is 57.9 Å². The largest absolute Gasteiger partial charge is 0.454 e. The summed E-state index contributed by atoms with van der Waals surface area (Å²) in [6.45, 7) is 7.59. The number of aryl methyl sites for hydroxylation is 2. The zero-order valence-electron chi connectivity index (χ0n) is 21.4. The summed E-state index contributed by atoms with van der Waals surface area (Å²) in [4.78, 5) is 14.3. The molecule has 5 aromatic rings. The number of carbonyl (C=O) groups is 1. The highest BCUT2D eigenvalue weighted by molar-refractivity contribution is 6.33. The molecule has 0 spiro atoms. The molecule has 0 atom stereocenters. The van der Waals surface area contributed by atoms with Crippen molar-refractivity contribution in [1.82, 2.24) is 0 Å². The first kappa shape index (κ1) is 22.2. The van der Waals surface area contributed by atoms with Crippen LogP contribution in [0.15, 0.2) is 73.3 Å². The quantitative estimate of drug-likeness (QED) is 0.164. The number of carbonyl (C=O) groups excluding carboxylic acids is 1. The average Bonchev–Trinajstić information content (AvgIpc) is 3.64. The molecule has 0 saturated carbocycles. The van der Waals surface area contributed by atoms with Crippen LogP contribution in [0.1, 0.15) is 27.2 Å². The maximum Gasteiger partial charge on any atom is 0.231 e. The predicted molar refractivity (Wildman–Crippen MR) is 148 cm³/mol. The fourth-order valence-corrected chi connectivity index (χ4v) is 6.32. The van der Waals surface area contributed by atoms with Crippen LogP contribution in [0.3, 0.4) is 0 Å². The van der Waals surface area contributed by atoms with E-state index in [1.807, 2.05) is 48.5 Å². The van der Waals surface area contributed by atoms with Gasteiger partial charge in [0, 0.05) is 22.9 Å². The van der Waals surface area contributed by atoms with Gasteiger partial charge in [-0.2, -0.15) is 4.57 Å². The number of rotatable bonds is 3. The van der Waals surface area contributed by atoms with Gasteiger partial charge in [-0.25, -0.2) is 0 Å². The van der Waals surface area contributed by atoms with Crippen molar-refractivity contribution < 1.29 is 28.3 Å². The summed E-state index contributed by atoms with van der Waals surface area (Å²) in [5, 5.41) is 3.78. The number of hydrogen-bond donors (Lipinski definition) is 0. The molecule has 0 unspecified atom stereocenters. The summed E-state index contributed by atoms with van der Waals surface area (Å²) in [7, 11) is 0. The molecular formula is C33H24NO5+. The number of aromatic nitrogens is 1. The molecule has 1 aromatic heterocycles. The number of allylic oxidation sites excluding steroid dienone is 1. The second-order valence-corrected chi connectivity index (χ2v) is 10.1. The Hall–Kier alpha value is -4.84. The smallest absolute Gasteiger partial charge is 0.231 e. The molecule has 0 bridgehead atoms. The molecule has 6 nitrogen and oxygen atoms in total. The van der Waals surface area contributed by atoms with Gasteiger partial charge >= 0.3 is 0 Å². The van der Waals surface area contributed by atoms with E-state index in [0.717, 1.165) is 62.0 Å². The molecule has 6 heteroatoms. The third-order valence-corrected chi connectivity index (χ3v) is 8.13. The number of benzene rings is 4. The number of hydrogen-bond acceptors (Lipinski definition) is 5. The van der Waals surface area contributed by atoms with E-state index in [0.29, 0.717) is 29.2 Å². The van der Waals surface area contributed by atoms with E-state index in [4.69, 9.17) is 18.9 Å². The first-order valence-corrected chi connectivity index (χ1v) is 13.0. The number of fused-ring (bicyclic) bond motifs is 8. The van der Waals surface area contributed by atoms with Crippen molar-refractivity contribution in [3.63, 3.8) is 0 Å². The monoisotopic (exact) mass is 514 g/mol. The highest BCUT2D eigenvalue weighted by Crippen LogP contribution is 2.47. The van der Waals surface area contributed by atoms with Crippen LogP contribution in [0.2, 0.25) is 0 Å². The number of ketones is 1. The zero-order chi connectivity index (χ0) is 26.2. The standard InChI is InChI=1S/C33H24NO5/c1-18-22-10-11-26-33(39-17-36-26)29(22)31(19(2)32(35)24-9-5-7-20-6-3-4-8-23(20)24)34-13-12-21-14-27-28(38-16-37-27)15-25(21)30(18)34/h3-11,14-15H,2,12-13,16-17H2,1H3/q+1. The van der Waals surface area contributed by atoms with Crippen molar-refractivity contribution in [2.45, 2.75) is 19.9 Å². The molecular weight excluding hydrogens is 490 g/mol. The van der Waals surface area contributed by atoms with Crippen molar-refractivity contribution in [2.75, 3.05) is 13.6 Å². The van der Waals surface area contributed by atoms with Gasteiger partial charge in [-0.3, -0.25) is 4.79 Å². The summed E-state index contributed by atoms with van der Waals surface area (Å²) in [5.74, 6) is 2.73. The van der Waals surface area contributed by atoms with Gasteiger partial charge < -0.3 is 18.9 Å². The van der Waals surface area contributed by atoms with Gasteiger partial charge in [0.2, 0.25) is 25.0 Å². The van der Waals surface area contributed by atoms with Crippen molar-refractivity contribution in [1.29, 1.82) is 0 Å². The third-order valence-electron chi connectivity index (χ3n) is 8.13. The van der Waals surface area contributed by atoms with E-state index in [1.54, 1.807) is 0 Å². The van der Waals surface area contributed by atoms with Gasteiger partial charge in [0.05, 0.1) is 11.1 Å². The molecule has 8 rings (SSSR count). The van der Waals surface area contributed by atoms with Crippen molar-refractivity contribution in [3.05, 3.63) is 95.7 Å². The molecule has 0 saturated heterocycles. The highest BCUT2D eigenvalue weighted by atomic mass is 16.7. The van der Waals surface area contributed by atoms with E-state index < -0.39 is 0 Å². The van der Waals surface area contributed by atoms with Crippen molar-refractivity contribution in [2.24, 2.45) is 0 Å². The molecule has 39 heavy (non-hydrogen) atoms. The van der Waals surface area contributed by atoms with Gasteiger partial charge in [-0.1, -0.05) is 49.0 Å². The van der Waals surface area contributed by atoms with Crippen molar-refractivity contribution >= 4 is 32.9 Å². The van der Waals surface area contributed by atoms with Crippen LogP contribution >= 0.6 is 0 Å². The molecule has 3 aliphatic heterocycles. The Balaban J connectivity index is 1.42. The van der Waals surface area contributed by atoms with E-state index in [2.05, 4.69) is 36.3 Å². The maximum atomic E-state index is 14.3. The van der Waals surface area contributed by atoms with Crippen LogP contribution in [0.25, 0.3) is 38.4 Å².